The molecule has 6 nitrogen and oxygen atoms in total. The summed E-state index contributed by atoms with van der Waals surface area (Å²) >= 11 is 0. The summed E-state index contributed by atoms with van der Waals surface area (Å²) in [4.78, 5) is 14.1. The van der Waals surface area contributed by atoms with E-state index in [9.17, 15) is 4.79 Å². The second kappa shape index (κ2) is 5.95. The van der Waals surface area contributed by atoms with Crippen LogP contribution in [0.2, 0.25) is 0 Å². The van der Waals surface area contributed by atoms with Crippen molar-refractivity contribution in [2.24, 2.45) is 0 Å². The molecule has 0 aliphatic carbocycles. The molecule has 0 N–H and O–H groups in total. The van der Waals surface area contributed by atoms with Crippen molar-refractivity contribution in [2.75, 3.05) is 26.2 Å². The number of esters is 1. The third-order valence-electron chi connectivity index (χ3n) is 3.23. The molecule has 6 heteroatoms. The third-order valence-corrected chi connectivity index (χ3v) is 3.23. The van der Waals surface area contributed by atoms with Gasteiger partial charge < -0.3 is 14.2 Å². The first kappa shape index (κ1) is 13.0. The molecule has 1 fully saturated rings. The van der Waals surface area contributed by atoms with Gasteiger partial charge in [-0.05, 0) is 39.8 Å². The number of carbonyl (C=O) groups is 1. The number of likely N-dealkylation sites (tertiary alicyclic amines) is 1. The molecule has 0 amide bonds. The summed E-state index contributed by atoms with van der Waals surface area (Å²) in [6, 6.07) is 0. The molecule has 1 saturated heterocycles. The van der Waals surface area contributed by atoms with Crippen LogP contribution in [0.1, 0.15) is 36.2 Å². The van der Waals surface area contributed by atoms with E-state index in [0.717, 1.165) is 32.0 Å². The van der Waals surface area contributed by atoms with Gasteiger partial charge in [0, 0.05) is 13.1 Å². The van der Waals surface area contributed by atoms with Crippen molar-refractivity contribution in [3.63, 3.8) is 0 Å². The van der Waals surface area contributed by atoms with Crippen molar-refractivity contribution in [3.8, 4) is 0 Å². The lowest BCUT2D eigenvalue weighted by atomic mass is 10.4. The van der Waals surface area contributed by atoms with E-state index in [1.807, 2.05) is 11.5 Å². The fourth-order valence-electron chi connectivity index (χ4n) is 2.24. The fourth-order valence-corrected chi connectivity index (χ4v) is 2.24. The Bertz CT molecular complexity index is 410. The zero-order chi connectivity index (χ0) is 13.0. The fraction of sp³-hybridized carbons (Fsp3) is 0.750. The summed E-state index contributed by atoms with van der Waals surface area (Å²) in [7, 11) is 0. The molecule has 0 aromatic carbocycles. The van der Waals surface area contributed by atoms with Crippen molar-refractivity contribution in [2.45, 2.75) is 33.2 Å². The lowest BCUT2D eigenvalue weighted by Crippen LogP contribution is -2.26. The van der Waals surface area contributed by atoms with Gasteiger partial charge >= 0.3 is 5.97 Å². The smallest absolute Gasteiger partial charge is 0.376 e. The standard InChI is InChI=1S/C12H20N4O2/c1-3-18-12(17)11-14-13-10(2)16(11)9-8-15-6-4-5-7-15/h3-9H2,1-2H3. The van der Waals surface area contributed by atoms with Gasteiger partial charge in [-0.1, -0.05) is 0 Å². The molecule has 1 aromatic heterocycles. The van der Waals surface area contributed by atoms with Gasteiger partial charge in [0.15, 0.2) is 0 Å². The number of ether oxygens (including phenoxy) is 1. The maximum atomic E-state index is 11.7. The highest BCUT2D eigenvalue weighted by atomic mass is 16.5. The van der Waals surface area contributed by atoms with Crippen LogP contribution < -0.4 is 0 Å². The van der Waals surface area contributed by atoms with Crippen LogP contribution in [-0.4, -0.2) is 51.9 Å². The molecule has 1 aliphatic rings. The minimum atomic E-state index is -0.389. The van der Waals surface area contributed by atoms with Gasteiger partial charge in [0.2, 0.25) is 5.82 Å². The molecular weight excluding hydrogens is 232 g/mol. The number of aryl methyl sites for hydroxylation is 1. The molecule has 2 rings (SSSR count). The average Bonchev–Trinajstić information content (AvgIpc) is 2.96. The van der Waals surface area contributed by atoms with E-state index < -0.39 is 0 Å². The Balaban J connectivity index is 2.01. The monoisotopic (exact) mass is 252 g/mol. The Morgan fingerprint density at radius 1 is 1.28 bits per heavy atom. The van der Waals surface area contributed by atoms with E-state index >= 15 is 0 Å². The van der Waals surface area contributed by atoms with E-state index in [-0.39, 0.29) is 5.97 Å². The predicted octanol–water partition coefficient (Wildman–Crippen LogP) is 0.859. The van der Waals surface area contributed by atoms with Crippen LogP contribution in [0.3, 0.4) is 0 Å². The summed E-state index contributed by atoms with van der Waals surface area (Å²) in [5.41, 5.74) is 0. The van der Waals surface area contributed by atoms with Crippen LogP contribution in [0.25, 0.3) is 0 Å². The number of hydrogen-bond donors (Lipinski definition) is 0. The molecule has 0 spiro atoms. The van der Waals surface area contributed by atoms with E-state index in [1.165, 1.54) is 12.8 Å². The number of hydrogen-bond acceptors (Lipinski definition) is 5. The van der Waals surface area contributed by atoms with Crippen LogP contribution in [0.15, 0.2) is 0 Å². The van der Waals surface area contributed by atoms with Gasteiger partial charge in [0.05, 0.1) is 6.61 Å². The summed E-state index contributed by atoms with van der Waals surface area (Å²) < 4.78 is 6.82. The van der Waals surface area contributed by atoms with Crippen LogP contribution in [-0.2, 0) is 11.3 Å². The summed E-state index contributed by atoms with van der Waals surface area (Å²) in [5.74, 6) is 0.685. The molecule has 0 bridgehead atoms. The Morgan fingerprint density at radius 3 is 2.67 bits per heavy atom. The zero-order valence-electron chi connectivity index (χ0n) is 11.1. The SMILES string of the molecule is CCOC(=O)c1nnc(C)n1CCN1CCCC1. The Hall–Kier alpha value is -1.43. The first-order chi connectivity index (χ1) is 8.72. The summed E-state index contributed by atoms with van der Waals surface area (Å²) in [6.45, 7) is 7.98. The van der Waals surface area contributed by atoms with Gasteiger partial charge in [0.25, 0.3) is 0 Å². The Kier molecular flexibility index (Phi) is 4.30. The number of rotatable bonds is 5. The van der Waals surface area contributed by atoms with Crippen molar-refractivity contribution in [1.29, 1.82) is 0 Å². The molecule has 0 atom stereocenters. The minimum absolute atomic E-state index is 0.313. The molecule has 18 heavy (non-hydrogen) atoms. The zero-order valence-corrected chi connectivity index (χ0v) is 11.1. The second-order valence-corrected chi connectivity index (χ2v) is 4.49. The van der Waals surface area contributed by atoms with Crippen molar-refractivity contribution >= 4 is 5.97 Å². The predicted molar refractivity (Wildman–Crippen MR) is 66.4 cm³/mol. The maximum Gasteiger partial charge on any atom is 0.376 e. The number of nitrogens with zero attached hydrogens (tertiary/aromatic N) is 4. The summed E-state index contributed by atoms with van der Waals surface area (Å²) in [6.07, 6.45) is 2.54. The number of carbonyl (C=O) groups excluding carboxylic acids is 1. The molecule has 0 saturated carbocycles. The normalized spacial score (nSPS) is 16.1. The lowest BCUT2D eigenvalue weighted by Gasteiger charge is -2.15. The quantitative estimate of drug-likeness (QED) is 0.727. The largest absolute Gasteiger partial charge is 0.460 e. The van der Waals surface area contributed by atoms with E-state index in [2.05, 4.69) is 15.1 Å². The number of aromatic nitrogens is 3. The lowest BCUT2D eigenvalue weighted by molar-refractivity contribution is 0.0504. The maximum absolute atomic E-state index is 11.7. The molecule has 0 radical (unpaired) electrons. The molecule has 2 heterocycles. The van der Waals surface area contributed by atoms with Crippen molar-refractivity contribution < 1.29 is 9.53 Å². The topological polar surface area (TPSA) is 60.2 Å². The van der Waals surface area contributed by atoms with Crippen molar-refractivity contribution in [3.05, 3.63) is 11.6 Å². The highest BCUT2D eigenvalue weighted by Gasteiger charge is 2.19. The van der Waals surface area contributed by atoms with Crippen LogP contribution in [0.4, 0.5) is 0 Å². The first-order valence-corrected chi connectivity index (χ1v) is 6.51. The van der Waals surface area contributed by atoms with E-state index in [1.54, 1.807) is 6.92 Å². The van der Waals surface area contributed by atoms with Gasteiger partial charge in [-0.25, -0.2) is 4.79 Å². The molecule has 0 unspecified atom stereocenters. The minimum Gasteiger partial charge on any atom is -0.460 e. The molecule has 100 valence electrons. The van der Waals surface area contributed by atoms with Gasteiger partial charge in [-0.15, -0.1) is 10.2 Å². The first-order valence-electron chi connectivity index (χ1n) is 6.51. The van der Waals surface area contributed by atoms with Gasteiger partial charge in [-0.2, -0.15) is 0 Å². The highest BCUT2D eigenvalue weighted by molar-refractivity contribution is 5.85. The Labute approximate surface area is 107 Å². The van der Waals surface area contributed by atoms with Crippen molar-refractivity contribution in [1.82, 2.24) is 19.7 Å². The van der Waals surface area contributed by atoms with Crippen LogP contribution >= 0.6 is 0 Å². The van der Waals surface area contributed by atoms with Gasteiger partial charge in [-0.3, -0.25) is 0 Å². The summed E-state index contributed by atoms with van der Waals surface area (Å²) in [5, 5.41) is 7.86. The van der Waals surface area contributed by atoms with Crippen LogP contribution in [0.5, 0.6) is 0 Å². The highest BCUT2D eigenvalue weighted by Crippen LogP contribution is 2.09. The van der Waals surface area contributed by atoms with Gasteiger partial charge in [0.1, 0.15) is 5.82 Å². The third kappa shape index (κ3) is 2.87. The Morgan fingerprint density at radius 2 is 2.00 bits per heavy atom. The van der Waals surface area contributed by atoms with Crippen LogP contribution in [0, 0.1) is 6.92 Å². The van der Waals surface area contributed by atoms with E-state index in [0.29, 0.717) is 12.4 Å². The van der Waals surface area contributed by atoms with E-state index in [4.69, 9.17) is 4.74 Å². The average molecular weight is 252 g/mol. The molecule has 1 aromatic rings. The molecule has 1 aliphatic heterocycles. The second-order valence-electron chi connectivity index (χ2n) is 4.49. The molecular formula is C12H20N4O2.